The van der Waals surface area contributed by atoms with E-state index >= 15 is 0 Å². The molecule has 0 saturated carbocycles. The topological polar surface area (TPSA) is 3.24 Å². The van der Waals surface area contributed by atoms with Crippen molar-refractivity contribution in [1.82, 2.24) is 4.90 Å². The molecule has 84 valence electrons. The number of nitrogens with zero attached hydrogens (tertiary/aromatic N) is 1. The third-order valence-corrected chi connectivity index (χ3v) is 2.06. The van der Waals surface area contributed by atoms with Crippen LogP contribution in [0.5, 0.6) is 0 Å². The summed E-state index contributed by atoms with van der Waals surface area (Å²) in [5.74, 6) is 0. The van der Waals surface area contributed by atoms with E-state index in [0.29, 0.717) is 0 Å². The van der Waals surface area contributed by atoms with Crippen LogP contribution in [0.3, 0.4) is 0 Å². The Morgan fingerprint density at radius 2 is 1.73 bits per heavy atom. The molecule has 1 rings (SSSR count). The summed E-state index contributed by atoms with van der Waals surface area (Å²) in [5.41, 5.74) is 1.28. The van der Waals surface area contributed by atoms with Crippen LogP contribution in [0.1, 0.15) is 19.4 Å². The second-order valence-electron chi connectivity index (χ2n) is 2.85. The Balaban J connectivity index is -0.000000480. The van der Waals surface area contributed by atoms with Gasteiger partial charge in [-0.25, -0.2) is 0 Å². The summed E-state index contributed by atoms with van der Waals surface area (Å²) in [6.45, 7) is 7.62. The van der Waals surface area contributed by atoms with Gasteiger partial charge in [-0.1, -0.05) is 38.1 Å². The van der Waals surface area contributed by atoms with E-state index in [-0.39, 0.29) is 60.2 Å². The molecule has 0 N–H and O–H groups in total. The fourth-order valence-corrected chi connectivity index (χ4v) is 1.22. The predicted molar refractivity (Wildman–Crippen MR) is 57.7 cm³/mol. The van der Waals surface area contributed by atoms with Crippen molar-refractivity contribution in [2.24, 2.45) is 0 Å². The quantitative estimate of drug-likeness (QED) is 0.358. The minimum atomic E-state index is 0. The summed E-state index contributed by atoms with van der Waals surface area (Å²) in [4.78, 5) is 2.38. The van der Waals surface area contributed by atoms with Crippen molar-refractivity contribution in [3.05, 3.63) is 35.9 Å². The van der Waals surface area contributed by atoms with Crippen molar-refractivity contribution in [3.8, 4) is 0 Å². The van der Waals surface area contributed by atoms with Crippen molar-refractivity contribution < 1.29 is 34.0 Å². The average molecular weight is 531 g/mol. The van der Waals surface area contributed by atoms with E-state index in [1.165, 1.54) is 5.56 Å². The van der Waals surface area contributed by atoms with Crippen LogP contribution in [0.25, 0.3) is 0 Å². The van der Waals surface area contributed by atoms with Crippen molar-refractivity contribution in [3.63, 3.8) is 0 Å². The first-order chi connectivity index (χ1) is 5.86. The van der Waals surface area contributed by atoms with E-state index in [1.807, 2.05) is 12.1 Å². The summed E-state index contributed by atoms with van der Waals surface area (Å²) >= 11 is 0. The van der Waals surface area contributed by atoms with Gasteiger partial charge in [-0.15, -0.1) is 0 Å². The summed E-state index contributed by atoms with van der Waals surface area (Å²) in [6, 6.07) is 11.4. The normalized spacial score (nSPS) is 8.47. The van der Waals surface area contributed by atoms with E-state index in [4.69, 9.17) is 0 Å². The van der Waals surface area contributed by atoms with E-state index in [2.05, 4.69) is 36.9 Å². The van der Waals surface area contributed by atoms with Crippen LogP contribution in [0.2, 0.25) is 0 Å². The van der Waals surface area contributed by atoms with Crippen LogP contribution in [-0.4, -0.2) is 44.2 Å². The molecular formula is C11H16BiBr2N. The zero-order valence-electron chi connectivity index (χ0n) is 9.08. The molecule has 0 amide bonds. The van der Waals surface area contributed by atoms with Crippen molar-refractivity contribution in [1.29, 1.82) is 0 Å². The first kappa shape index (κ1) is 21.3. The van der Waals surface area contributed by atoms with Gasteiger partial charge in [0.25, 0.3) is 0 Å². The molecule has 0 bridgehead atoms. The fraction of sp³-hybridized carbons (Fsp3) is 0.455. The Morgan fingerprint density at radius 1 is 1.13 bits per heavy atom. The second kappa shape index (κ2) is 13.1. The average Bonchev–Trinajstić information content (AvgIpc) is 2.16. The summed E-state index contributed by atoms with van der Waals surface area (Å²) in [7, 11) is 0. The van der Waals surface area contributed by atoms with Crippen molar-refractivity contribution in [2.75, 3.05) is 13.1 Å². The Hall–Kier alpha value is 1.02. The standard InChI is InChI=1S/C11H16N.Bi.2BrH/c1-3-12(4-2)10-11-8-6-5-7-9-11;;;/h5-8H,3-4,10H2,1-2H3;;2*1H/q;+2;;/p-2. The van der Waals surface area contributed by atoms with Gasteiger partial charge in [-0.2, -0.15) is 0 Å². The summed E-state index contributed by atoms with van der Waals surface area (Å²) in [5, 5.41) is 0. The maximum absolute atomic E-state index is 3.23. The molecule has 0 aliphatic heterocycles. The zero-order valence-corrected chi connectivity index (χ0v) is 15.7. The Bertz CT molecular complexity index is 215. The molecule has 4 heteroatoms. The summed E-state index contributed by atoms with van der Waals surface area (Å²) < 4.78 is 0. The second-order valence-corrected chi connectivity index (χ2v) is 2.85. The van der Waals surface area contributed by atoms with Crippen molar-refractivity contribution >= 4 is 26.2 Å². The summed E-state index contributed by atoms with van der Waals surface area (Å²) in [6.07, 6.45) is 0. The molecule has 0 unspecified atom stereocenters. The van der Waals surface area contributed by atoms with Gasteiger partial charge in [0.2, 0.25) is 0 Å². The third-order valence-electron chi connectivity index (χ3n) is 2.06. The van der Waals surface area contributed by atoms with Gasteiger partial charge in [0, 0.05) is 6.54 Å². The van der Waals surface area contributed by atoms with Crippen LogP contribution < -0.4 is 34.0 Å². The number of benzene rings is 1. The third kappa shape index (κ3) is 8.79. The molecule has 0 saturated heterocycles. The van der Waals surface area contributed by atoms with Gasteiger partial charge in [-0.3, -0.25) is 4.90 Å². The van der Waals surface area contributed by atoms with Gasteiger partial charge in [-0.05, 0) is 24.7 Å². The van der Waals surface area contributed by atoms with Crippen LogP contribution in [0.15, 0.2) is 24.3 Å². The smallest absolute Gasteiger partial charge is 1.00 e. The molecular weight excluding hydrogens is 515 g/mol. The number of rotatable bonds is 4. The van der Waals surface area contributed by atoms with Gasteiger partial charge in [0.1, 0.15) is 0 Å². The van der Waals surface area contributed by atoms with E-state index in [1.54, 1.807) is 0 Å². The molecule has 15 heavy (non-hydrogen) atoms. The molecule has 0 aliphatic rings. The molecule has 1 aromatic carbocycles. The van der Waals surface area contributed by atoms with Crippen molar-refractivity contribution in [2.45, 2.75) is 20.4 Å². The minimum Gasteiger partial charge on any atom is -1.00 e. The molecule has 0 heterocycles. The predicted octanol–water partition coefficient (Wildman–Crippen LogP) is -4.04. The molecule has 1 nitrogen and oxygen atoms in total. The number of hydrogen-bond donors (Lipinski definition) is 0. The monoisotopic (exact) mass is 529 g/mol. The molecule has 4 radical (unpaired) electrons. The number of halogens is 2. The van der Waals surface area contributed by atoms with E-state index < -0.39 is 0 Å². The van der Waals surface area contributed by atoms with Gasteiger partial charge in [0.15, 0.2) is 0 Å². The van der Waals surface area contributed by atoms with Gasteiger partial charge >= 0.3 is 26.2 Å². The van der Waals surface area contributed by atoms with Gasteiger partial charge < -0.3 is 34.0 Å². The molecule has 0 aromatic heterocycles. The SMILES string of the molecule is CCN(CC)Cc1[c]cccc1.[Bi+2].[Br-].[Br-]. The Morgan fingerprint density at radius 3 is 2.13 bits per heavy atom. The first-order valence-corrected chi connectivity index (χ1v) is 4.54. The molecule has 0 atom stereocenters. The van der Waals surface area contributed by atoms with Crippen LogP contribution in [-0.2, 0) is 6.54 Å². The van der Waals surface area contributed by atoms with E-state index in [9.17, 15) is 0 Å². The molecule has 0 aliphatic carbocycles. The van der Waals surface area contributed by atoms with Gasteiger partial charge in [0.05, 0.1) is 0 Å². The maximum atomic E-state index is 3.23. The van der Waals surface area contributed by atoms with E-state index in [0.717, 1.165) is 19.6 Å². The molecule has 1 aromatic rings. The fourth-order valence-electron chi connectivity index (χ4n) is 1.22. The minimum absolute atomic E-state index is 0. The molecule has 0 fully saturated rings. The molecule has 0 spiro atoms. The zero-order chi connectivity index (χ0) is 8.81. The maximum Gasteiger partial charge on any atom is 2.00 e. The first-order valence-electron chi connectivity index (χ1n) is 4.54. The largest absolute Gasteiger partial charge is 2.00 e. The Labute approximate surface area is 133 Å². The Kier molecular flexibility index (Phi) is 18.6. The van der Waals surface area contributed by atoms with Crippen LogP contribution in [0.4, 0.5) is 0 Å². The van der Waals surface area contributed by atoms with Crippen LogP contribution >= 0.6 is 0 Å². The number of hydrogen-bond acceptors (Lipinski definition) is 1. The van der Waals surface area contributed by atoms with Crippen LogP contribution in [0, 0.1) is 6.07 Å².